The van der Waals surface area contributed by atoms with Crippen molar-refractivity contribution in [1.82, 2.24) is 4.90 Å². The highest BCUT2D eigenvalue weighted by atomic mass is 35.5. The van der Waals surface area contributed by atoms with E-state index in [0.717, 1.165) is 4.88 Å². The van der Waals surface area contributed by atoms with Gasteiger partial charge in [-0.3, -0.25) is 9.59 Å². The molecule has 1 atom stereocenters. The molecule has 1 unspecified atom stereocenters. The molecule has 0 radical (unpaired) electrons. The van der Waals surface area contributed by atoms with Gasteiger partial charge in [-0.1, -0.05) is 43.6 Å². The Kier molecular flexibility index (Phi) is 6.86. The molecule has 1 aliphatic rings. The maximum Gasteiger partial charge on any atom is 0.295 e. The second kappa shape index (κ2) is 9.81. The highest BCUT2D eigenvalue weighted by Gasteiger charge is 2.46. The highest BCUT2D eigenvalue weighted by Crippen LogP contribution is 2.41. The zero-order chi connectivity index (χ0) is 23.5. The summed E-state index contributed by atoms with van der Waals surface area (Å²) in [5.41, 5.74) is 1.21. The molecule has 170 valence electrons. The molecule has 1 aromatic heterocycles. The van der Waals surface area contributed by atoms with Gasteiger partial charge in [0.1, 0.15) is 11.5 Å². The second-order valence-electron chi connectivity index (χ2n) is 8.29. The standard InChI is InChI=1S/C26H24ClNO4S/c1-16(2)15-32-20-11-7-18(8-12-20)24(29)22-23(17-5-9-19(27)10-6-17)28(26(31)25(22)30)14-21-4-3-13-33-21/h3-13,16,23,29H,14-15H2,1-2H3/b24-22-. The number of aliphatic hydroxyl groups excluding tert-OH is 1. The monoisotopic (exact) mass is 481 g/mol. The third-order valence-corrected chi connectivity index (χ3v) is 6.46. The molecule has 3 aromatic rings. The average Bonchev–Trinajstić information content (AvgIpc) is 3.41. The molecule has 0 bridgehead atoms. The van der Waals surface area contributed by atoms with Crippen molar-refractivity contribution >= 4 is 40.4 Å². The smallest absolute Gasteiger partial charge is 0.295 e. The lowest BCUT2D eigenvalue weighted by atomic mass is 9.95. The molecule has 1 aliphatic heterocycles. The Morgan fingerprint density at radius 2 is 1.79 bits per heavy atom. The second-order valence-corrected chi connectivity index (χ2v) is 9.76. The molecule has 1 fully saturated rings. The van der Waals surface area contributed by atoms with Crippen molar-refractivity contribution in [3.63, 3.8) is 0 Å². The van der Waals surface area contributed by atoms with E-state index in [9.17, 15) is 14.7 Å². The first kappa shape index (κ1) is 23.1. The zero-order valence-corrected chi connectivity index (χ0v) is 19.9. The van der Waals surface area contributed by atoms with Gasteiger partial charge in [-0.05, 0) is 59.3 Å². The van der Waals surface area contributed by atoms with Crippen LogP contribution in [0.5, 0.6) is 5.75 Å². The van der Waals surface area contributed by atoms with E-state index in [-0.39, 0.29) is 17.9 Å². The van der Waals surface area contributed by atoms with Crippen molar-refractivity contribution in [3.8, 4) is 5.75 Å². The molecule has 7 heteroatoms. The first-order valence-corrected chi connectivity index (χ1v) is 11.9. The van der Waals surface area contributed by atoms with Crippen molar-refractivity contribution < 1.29 is 19.4 Å². The molecule has 2 aromatic carbocycles. The molecular weight excluding hydrogens is 458 g/mol. The number of benzene rings is 2. The number of carbonyl (C=O) groups is 2. The van der Waals surface area contributed by atoms with Gasteiger partial charge in [0.2, 0.25) is 0 Å². The molecule has 4 rings (SSSR count). The fourth-order valence-electron chi connectivity index (χ4n) is 3.73. The van der Waals surface area contributed by atoms with Crippen LogP contribution in [0.15, 0.2) is 71.6 Å². The Hall–Kier alpha value is -3.09. The summed E-state index contributed by atoms with van der Waals surface area (Å²) in [6, 6.07) is 16.9. The van der Waals surface area contributed by atoms with Gasteiger partial charge in [0.05, 0.1) is 24.8 Å². The van der Waals surface area contributed by atoms with E-state index in [4.69, 9.17) is 16.3 Å². The first-order valence-electron chi connectivity index (χ1n) is 10.6. The van der Waals surface area contributed by atoms with Crippen LogP contribution in [-0.4, -0.2) is 28.3 Å². The number of hydrogen-bond donors (Lipinski definition) is 1. The van der Waals surface area contributed by atoms with Gasteiger partial charge in [0.15, 0.2) is 0 Å². The van der Waals surface area contributed by atoms with Gasteiger partial charge in [-0.15, -0.1) is 11.3 Å². The number of hydrogen-bond acceptors (Lipinski definition) is 5. The third-order valence-electron chi connectivity index (χ3n) is 5.34. The van der Waals surface area contributed by atoms with Gasteiger partial charge in [-0.25, -0.2) is 0 Å². The predicted octanol–water partition coefficient (Wildman–Crippen LogP) is 6.06. The van der Waals surface area contributed by atoms with Gasteiger partial charge < -0.3 is 14.7 Å². The fraction of sp³-hybridized carbons (Fsp3) is 0.231. The Balaban J connectivity index is 1.75. The number of carbonyl (C=O) groups excluding carboxylic acids is 2. The number of aliphatic hydroxyl groups is 1. The summed E-state index contributed by atoms with van der Waals surface area (Å²) in [5.74, 6) is -0.493. The number of amides is 1. The molecule has 5 nitrogen and oxygen atoms in total. The van der Waals surface area contributed by atoms with E-state index in [1.807, 2.05) is 17.5 Å². The van der Waals surface area contributed by atoms with Crippen LogP contribution >= 0.6 is 22.9 Å². The summed E-state index contributed by atoms with van der Waals surface area (Å²) < 4.78 is 5.70. The predicted molar refractivity (Wildman–Crippen MR) is 130 cm³/mol. The van der Waals surface area contributed by atoms with Crippen molar-refractivity contribution in [2.24, 2.45) is 5.92 Å². The van der Waals surface area contributed by atoms with Crippen molar-refractivity contribution in [3.05, 3.63) is 92.6 Å². The largest absolute Gasteiger partial charge is 0.507 e. The molecule has 1 saturated heterocycles. The minimum atomic E-state index is -0.721. The lowest BCUT2D eigenvalue weighted by Crippen LogP contribution is -2.28. The minimum absolute atomic E-state index is 0.0646. The van der Waals surface area contributed by atoms with Crippen LogP contribution in [0.4, 0.5) is 0 Å². The Labute approximate surface area is 201 Å². The zero-order valence-electron chi connectivity index (χ0n) is 18.3. The molecule has 2 heterocycles. The van der Waals surface area contributed by atoms with E-state index in [0.29, 0.717) is 34.4 Å². The maximum atomic E-state index is 13.1. The molecular formula is C26H24ClNO4S. The van der Waals surface area contributed by atoms with Gasteiger partial charge in [0.25, 0.3) is 11.7 Å². The lowest BCUT2D eigenvalue weighted by Gasteiger charge is -2.25. The number of nitrogens with zero attached hydrogens (tertiary/aromatic N) is 1. The Bertz CT molecular complexity index is 1170. The normalized spacial score (nSPS) is 17.7. The number of thiophene rings is 1. The van der Waals surface area contributed by atoms with E-state index in [1.165, 1.54) is 16.2 Å². The van der Waals surface area contributed by atoms with Crippen molar-refractivity contribution in [1.29, 1.82) is 0 Å². The van der Waals surface area contributed by atoms with Crippen molar-refractivity contribution in [2.45, 2.75) is 26.4 Å². The van der Waals surface area contributed by atoms with Crippen LogP contribution in [-0.2, 0) is 16.1 Å². The number of ketones is 1. The van der Waals surface area contributed by atoms with Crippen LogP contribution < -0.4 is 4.74 Å². The van der Waals surface area contributed by atoms with Crippen LogP contribution in [0.3, 0.4) is 0 Å². The molecule has 0 spiro atoms. The van der Waals surface area contributed by atoms with E-state index >= 15 is 0 Å². The number of Topliss-reactive ketones (excluding diaryl/α,β-unsaturated/α-hetero) is 1. The average molecular weight is 482 g/mol. The highest BCUT2D eigenvalue weighted by molar-refractivity contribution is 7.09. The van der Waals surface area contributed by atoms with Crippen LogP contribution in [0.25, 0.3) is 5.76 Å². The van der Waals surface area contributed by atoms with Crippen LogP contribution in [0, 0.1) is 5.92 Å². The van der Waals surface area contributed by atoms with Gasteiger partial charge in [-0.2, -0.15) is 0 Å². The molecule has 1 amide bonds. The third kappa shape index (κ3) is 4.97. The Morgan fingerprint density at radius 1 is 1.09 bits per heavy atom. The lowest BCUT2D eigenvalue weighted by molar-refractivity contribution is -0.140. The van der Waals surface area contributed by atoms with Gasteiger partial charge >= 0.3 is 0 Å². The summed E-state index contributed by atoms with van der Waals surface area (Å²) in [4.78, 5) is 28.6. The van der Waals surface area contributed by atoms with Crippen LogP contribution in [0.1, 0.15) is 35.9 Å². The maximum absolute atomic E-state index is 13.1. The SMILES string of the molecule is CC(C)COc1ccc(/C(O)=C2/C(=O)C(=O)N(Cc3cccs3)C2c2ccc(Cl)cc2)cc1. The summed E-state index contributed by atoms with van der Waals surface area (Å²) in [7, 11) is 0. The van der Waals surface area contributed by atoms with Crippen molar-refractivity contribution in [2.75, 3.05) is 6.61 Å². The van der Waals surface area contributed by atoms with Gasteiger partial charge in [0, 0.05) is 15.5 Å². The fourth-order valence-corrected chi connectivity index (χ4v) is 4.56. The van der Waals surface area contributed by atoms with E-state index < -0.39 is 17.7 Å². The quantitative estimate of drug-likeness (QED) is 0.253. The number of likely N-dealkylation sites (tertiary alicyclic amines) is 1. The number of ether oxygens (including phenoxy) is 1. The van der Waals surface area contributed by atoms with E-state index in [1.54, 1.807) is 48.5 Å². The molecule has 0 saturated carbocycles. The molecule has 1 N–H and O–H groups in total. The van der Waals surface area contributed by atoms with Crippen LogP contribution in [0.2, 0.25) is 5.02 Å². The van der Waals surface area contributed by atoms with E-state index in [2.05, 4.69) is 13.8 Å². The summed E-state index contributed by atoms with van der Waals surface area (Å²) in [6.45, 7) is 4.97. The summed E-state index contributed by atoms with van der Waals surface area (Å²) >= 11 is 7.57. The Morgan fingerprint density at radius 3 is 2.39 bits per heavy atom. The number of rotatable bonds is 7. The summed E-state index contributed by atoms with van der Waals surface area (Å²) in [5, 5.41) is 13.6. The number of halogens is 1. The molecule has 0 aliphatic carbocycles. The topological polar surface area (TPSA) is 66.8 Å². The summed E-state index contributed by atoms with van der Waals surface area (Å²) in [6.07, 6.45) is 0. The molecule has 33 heavy (non-hydrogen) atoms. The first-order chi connectivity index (χ1) is 15.8. The minimum Gasteiger partial charge on any atom is -0.507 e.